The van der Waals surface area contributed by atoms with Gasteiger partial charge in [0.2, 0.25) is 11.8 Å². The van der Waals surface area contributed by atoms with Crippen LogP contribution in [0.15, 0.2) is 24.3 Å². The van der Waals surface area contributed by atoms with Gasteiger partial charge in [-0.3, -0.25) is 14.8 Å². The second-order valence-corrected chi connectivity index (χ2v) is 5.97. The summed E-state index contributed by atoms with van der Waals surface area (Å²) in [4.78, 5) is 23.2. The minimum absolute atomic E-state index is 0.198. The third-order valence-electron chi connectivity index (χ3n) is 4.42. The molecule has 1 aromatic rings. The Bertz CT molecular complexity index is 522. The van der Waals surface area contributed by atoms with E-state index in [4.69, 9.17) is 10.9 Å². The van der Waals surface area contributed by atoms with Crippen LogP contribution in [0.2, 0.25) is 0 Å². The Morgan fingerprint density at radius 3 is 2.48 bits per heavy atom. The highest BCUT2D eigenvalue weighted by Gasteiger charge is 2.35. The molecule has 1 aliphatic carbocycles. The third kappa shape index (κ3) is 3.82. The lowest BCUT2D eigenvalue weighted by molar-refractivity contribution is -0.132. The molecule has 0 aliphatic heterocycles. The highest BCUT2D eigenvalue weighted by molar-refractivity contribution is 5.94. The number of nitrogens with one attached hydrogen (secondary N) is 1. The number of rotatable bonds is 5. The smallest absolute Gasteiger partial charge is 0.248 e. The van der Waals surface area contributed by atoms with Crippen molar-refractivity contribution in [1.82, 2.24) is 5.48 Å². The molecule has 2 amide bonds. The molecule has 2 rings (SSSR count). The average molecular weight is 290 g/mol. The third-order valence-corrected chi connectivity index (χ3v) is 4.42. The number of hydroxylamine groups is 1. The monoisotopic (exact) mass is 290 g/mol. The Morgan fingerprint density at radius 1 is 1.19 bits per heavy atom. The largest absolute Gasteiger partial charge is 0.366 e. The van der Waals surface area contributed by atoms with E-state index in [2.05, 4.69) is 0 Å². The number of amides is 2. The van der Waals surface area contributed by atoms with Gasteiger partial charge >= 0.3 is 0 Å². The van der Waals surface area contributed by atoms with Crippen LogP contribution in [0.1, 0.15) is 54.4 Å². The molecule has 5 nitrogen and oxygen atoms in total. The quantitative estimate of drug-likeness (QED) is 0.573. The lowest BCUT2D eigenvalue weighted by Crippen LogP contribution is -2.34. The Labute approximate surface area is 124 Å². The van der Waals surface area contributed by atoms with Gasteiger partial charge in [0.15, 0.2) is 0 Å². The zero-order chi connectivity index (χ0) is 15.3. The van der Waals surface area contributed by atoms with Gasteiger partial charge < -0.3 is 5.73 Å². The van der Waals surface area contributed by atoms with Gasteiger partial charge in [-0.15, -0.1) is 0 Å². The predicted molar refractivity (Wildman–Crippen MR) is 78.7 cm³/mol. The van der Waals surface area contributed by atoms with Crippen LogP contribution in [0.5, 0.6) is 0 Å². The first-order valence-corrected chi connectivity index (χ1v) is 7.37. The van der Waals surface area contributed by atoms with E-state index in [1.54, 1.807) is 17.6 Å². The Kier molecular flexibility index (Phi) is 4.96. The molecule has 114 valence electrons. The summed E-state index contributed by atoms with van der Waals surface area (Å²) in [5.41, 5.74) is 8.37. The van der Waals surface area contributed by atoms with E-state index in [0.29, 0.717) is 12.0 Å². The van der Waals surface area contributed by atoms with Crippen molar-refractivity contribution in [3.63, 3.8) is 0 Å². The van der Waals surface area contributed by atoms with Crippen molar-refractivity contribution in [1.29, 1.82) is 0 Å². The van der Waals surface area contributed by atoms with Gasteiger partial charge in [0.05, 0.1) is 0 Å². The summed E-state index contributed by atoms with van der Waals surface area (Å²) in [5.74, 6) is -0.809. The van der Waals surface area contributed by atoms with Crippen LogP contribution in [0.25, 0.3) is 0 Å². The van der Waals surface area contributed by atoms with Gasteiger partial charge in [-0.2, -0.15) is 0 Å². The molecular weight excluding hydrogens is 268 g/mol. The molecule has 1 fully saturated rings. The van der Waals surface area contributed by atoms with Crippen molar-refractivity contribution in [2.24, 2.45) is 11.1 Å². The van der Waals surface area contributed by atoms with Crippen LogP contribution >= 0.6 is 0 Å². The number of carbonyl (C=O) groups is 2. The first-order valence-electron chi connectivity index (χ1n) is 7.37. The first-order chi connectivity index (χ1) is 10.1. The van der Waals surface area contributed by atoms with Gasteiger partial charge in [-0.1, -0.05) is 37.5 Å². The molecule has 0 unspecified atom stereocenters. The molecule has 4 N–H and O–H groups in total. The van der Waals surface area contributed by atoms with E-state index < -0.39 is 5.91 Å². The lowest BCUT2D eigenvalue weighted by atomic mass is 9.67. The maximum atomic E-state index is 11.6. The van der Waals surface area contributed by atoms with E-state index in [1.807, 2.05) is 12.1 Å². The van der Waals surface area contributed by atoms with Crippen LogP contribution in [-0.4, -0.2) is 17.0 Å². The van der Waals surface area contributed by atoms with Crippen molar-refractivity contribution in [2.45, 2.75) is 44.9 Å². The summed E-state index contributed by atoms with van der Waals surface area (Å²) >= 11 is 0. The van der Waals surface area contributed by atoms with Gasteiger partial charge in [-0.25, -0.2) is 5.48 Å². The second kappa shape index (κ2) is 6.72. The number of nitrogens with two attached hydrogens (primary N) is 1. The summed E-state index contributed by atoms with van der Waals surface area (Å²) in [6, 6.07) is 7.29. The fourth-order valence-electron chi connectivity index (χ4n) is 3.42. The highest BCUT2D eigenvalue weighted by atomic mass is 16.5. The van der Waals surface area contributed by atoms with Gasteiger partial charge in [0.25, 0.3) is 0 Å². The van der Waals surface area contributed by atoms with Crippen LogP contribution < -0.4 is 11.2 Å². The normalized spacial score (nSPS) is 17.2. The second-order valence-electron chi connectivity index (χ2n) is 5.97. The zero-order valence-electron chi connectivity index (χ0n) is 12.1. The highest BCUT2D eigenvalue weighted by Crippen LogP contribution is 2.42. The van der Waals surface area contributed by atoms with Crippen molar-refractivity contribution in [3.8, 4) is 0 Å². The maximum absolute atomic E-state index is 11.6. The topological polar surface area (TPSA) is 92.4 Å². The van der Waals surface area contributed by atoms with Gasteiger partial charge in [-0.05, 0) is 36.3 Å². The molecule has 0 bridgehead atoms. The molecule has 0 saturated heterocycles. The Balaban J connectivity index is 2.26. The number of hydrogen-bond acceptors (Lipinski definition) is 3. The van der Waals surface area contributed by atoms with Gasteiger partial charge in [0.1, 0.15) is 0 Å². The van der Waals surface area contributed by atoms with Crippen LogP contribution in [0.4, 0.5) is 0 Å². The molecule has 1 saturated carbocycles. The van der Waals surface area contributed by atoms with E-state index in [-0.39, 0.29) is 17.7 Å². The predicted octanol–water partition coefficient (Wildman–Crippen LogP) is 2.17. The number of primary amides is 1. The summed E-state index contributed by atoms with van der Waals surface area (Å²) in [5, 5.41) is 8.82. The van der Waals surface area contributed by atoms with Gasteiger partial charge in [0, 0.05) is 12.0 Å². The molecule has 0 radical (unpaired) electrons. The van der Waals surface area contributed by atoms with Crippen molar-refractivity contribution >= 4 is 11.8 Å². The molecule has 0 heterocycles. The molecular formula is C16H22N2O3. The number of hydrogen-bond donors (Lipinski definition) is 3. The maximum Gasteiger partial charge on any atom is 0.248 e. The van der Waals surface area contributed by atoms with E-state index in [9.17, 15) is 9.59 Å². The van der Waals surface area contributed by atoms with Crippen LogP contribution in [-0.2, 0) is 11.2 Å². The van der Waals surface area contributed by atoms with Crippen LogP contribution in [0, 0.1) is 5.41 Å². The minimum atomic E-state index is -0.442. The molecule has 0 aromatic heterocycles. The number of benzene rings is 1. The molecule has 0 spiro atoms. The fraction of sp³-hybridized carbons (Fsp3) is 0.500. The SMILES string of the molecule is NC(=O)c1ccccc1CC1(CC(=O)NO)CCCCC1. The zero-order valence-corrected chi connectivity index (χ0v) is 12.1. The van der Waals surface area contributed by atoms with Crippen molar-refractivity contribution < 1.29 is 14.8 Å². The fourth-order valence-corrected chi connectivity index (χ4v) is 3.42. The standard InChI is InChI=1S/C16H22N2O3/c17-15(20)13-7-3-2-6-12(13)10-16(11-14(19)18-21)8-4-1-5-9-16/h2-3,6-7,21H,1,4-5,8-11H2,(H2,17,20)(H,18,19). The van der Waals surface area contributed by atoms with E-state index in [0.717, 1.165) is 31.2 Å². The minimum Gasteiger partial charge on any atom is -0.366 e. The molecule has 21 heavy (non-hydrogen) atoms. The Hall–Kier alpha value is -1.88. The Morgan fingerprint density at radius 2 is 1.86 bits per heavy atom. The van der Waals surface area contributed by atoms with Crippen molar-refractivity contribution in [2.75, 3.05) is 0 Å². The summed E-state index contributed by atoms with van der Waals surface area (Å²) < 4.78 is 0. The summed E-state index contributed by atoms with van der Waals surface area (Å²) in [6.45, 7) is 0. The molecule has 1 aromatic carbocycles. The number of carbonyl (C=O) groups excluding carboxylic acids is 2. The molecule has 5 heteroatoms. The van der Waals surface area contributed by atoms with Crippen molar-refractivity contribution in [3.05, 3.63) is 35.4 Å². The molecule has 0 atom stereocenters. The lowest BCUT2D eigenvalue weighted by Gasteiger charge is -2.37. The average Bonchev–Trinajstić information content (AvgIpc) is 2.48. The van der Waals surface area contributed by atoms with Crippen LogP contribution in [0.3, 0.4) is 0 Å². The van der Waals surface area contributed by atoms with E-state index >= 15 is 0 Å². The summed E-state index contributed by atoms with van der Waals surface area (Å²) in [6.07, 6.45) is 6.06. The van der Waals surface area contributed by atoms with E-state index in [1.165, 1.54) is 6.42 Å². The first kappa shape index (κ1) is 15.5. The summed E-state index contributed by atoms with van der Waals surface area (Å²) in [7, 11) is 0. The molecule has 1 aliphatic rings.